The van der Waals surface area contributed by atoms with Crippen LogP contribution in [0.3, 0.4) is 0 Å². The molecule has 6 rings (SSSR count). The van der Waals surface area contributed by atoms with Gasteiger partial charge in [0, 0.05) is 42.8 Å². The second-order valence-corrected chi connectivity index (χ2v) is 9.06. The van der Waals surface area contributed by atoms with Crippen molar-refractivity contribution in [1.29, 1.82) is 0 Å². The van der Waals surface area contributed by atoms with Gasteiger partial charge in [0.2, 0.25) is 0 Å². The second-order valence-electron chi connectivity index (χ2n) is 9.06. The molecule has 1 aliphatic rings. The van der Waals surface area contributed by atoms with Crippen molar-refractivity contribution < 1.29 is 4.39 Å². The maximum atomic E-state index is 13.6. The van der Waals surface area contributed by atoms with E-state index in [0.29, 0.717) is 6.04 Å². The maximum absolute atomic E-state index is 13.6. The molecular formula is C31H26FN3. The summed E-state index contributed by atoms with van der Waals surface area (Å²) in [6.07, 6.45) is 5.83. The second kappa shape index (κ2) is 9.32. The van der Waals surface area contributed by atoms with Gasteiger partial charge in [-0.1, -0.05) is 72.8 Å². The van der Waals surface area contributed by atoms with Crippen LogP contribution in [0.5, 0.6) is 0 Å². The largest absolute Gasteiger partial charge is 0.341 e. The van der Waals surface area contributed by atoms with Crippen molar-refractivity contribution in [3.05, 3.63) is 139 Å². The molecule has 0 bridgehead atoms. The Morgan fingerprint density at radius 1 is 0.686 bits per heavy atom. The van der Waals surface area contributed by atoms with Crippen molar-refractivity contribution >= 4 is 0 Å². The van der Waals surface area contributed by atoms with Crippen molar-refractivity contribution in [2.45, 2.75) is 12.1 Å². The van der Waals surface area contributed by atoms with E-state index in [1.807, 2.05) is 36.7 Å². The summed E-state index contributed by atoms with van der Waals surface area (Å²) >= 11 is 0. The highest BCUT2D eigenvalue weighted by Gasteiger charge is 2.36. The van der Waals surface area contributed by atoms with Gasteiger partial charge in [-0.05, 0) is 47.0 Å². The zero-order chi connectivity index (χ0) is 23.6. The van der Waals surface area contributed by atoms with E-state index < -0.39 is 0 Å². The van der Waals surface area contributed by atoms with Crippen molar-refractivity contribution in [2.75, 3.05) is 13.1 Å². The van der Waals surface area contributed by atoms with Crippen LogP contribution < -0.4 is 0 Å². The normalized spacial score (nSPS) is 14.2. The lowest BCUT2D eigenvalue weighted by Gasteiger charge is -2.46. The van der Waals surface area contributed by atoms with Gasteiger partial charge in [-0.25, -0.2) is 4.39 Å². The molecule has 0 radical (unpaired) electrons. The van der Waals surface area contributed by atoms with Crippen LogP contribution in [0.25, 0.3) is 22.4 Å². The number of hydrogen-bond acceptors (Lipinski definition) is 2. The summed E-state index contributed by atoms with van der Waals surface area (Å²) in [5.74, 6) is -0.221. The summed E-state index contributed by atoms with van der Waals surface area (Å²) in [4.78, 5) is 6.76. The minimum atomic E-state index is -0.221. The standard InChI is InChI=1S/C31H26FN3/c32-27-13-11-23(12-14-27)29-17-20-35(31(29)26-15-18-33-19-16-26)28-21-34(22-28)30(24-7-3-1-4-8-24)25-9-5-2-6-10-25/h1-20,28,30H,21-22H2. The van der Waals surface area contributed by atoms with Crippen molar-refractivity contribution in [2.24, 2.45) is 0 Å². The van der Waals surface area contributed by atoms with Crippen LogP contribution in [0.2, 0.25) is 0 Å². The number of benzene rings is 3. The van der Waals surface area contributed by atoms with Crippen LogP contribution in [-0.2, 0) is 0 Å². The van der Waals surface area contributed by atoms with E-state index in [9.17, 15) is 4.39 Å². The predicted octanol–water partition coefficient (Wildman–Crippen LogP) is 7.00. The molecule has 1 aliphatic heterocycles. The highest BCUT2D eigenvalue weighted by molar-refractivity contribution is 5.81. The van der Waals surface area contributed by atoms with Gasteiger partial charge < -0.3 is 4.57 Å². The van der Waals surface area contributed by atoms with E-state index in [0.717, 1.165) is 35.5 Å². The molecule has 0 N–H and O–H groups in total. The van der Waals surface area contributed by atoms with Crippen LogP contribution in [-0.4, -0.2) is 27.5 Å². The summed E-state index contributed by atoms with van der Waals surface area (Å²) in [5, 5.41) is 0. The lowest BCUT2D eigenvalue weighted by Crippen LogP contribution is -2.49. The highest BCUT2D eigenvalue weighted by atomic mass is 19.1. The van der Waals surface area contributed by atoms with E-state index in [1.165, 1.54) is 23.3 Å². The summed E-state index contributed by atoms with van der Waals surface area (Å²) in [7, 11) is 0. The molecule has 3 heterocycles. The molecule has 0 aliphatic carbocycles. The van der Waals surface area contributed by atoms with Crippen LogP contribution in [0.4, 0.5) is 4.39 Å². The first kappa shape index (κ1) is 21.5. The number of nitrogens with zero attached hydrogens (tertiary/aromatic N) is 3. The summed E-state index contributed by atoms with van der Waals surface area (Å²) < 4.78 is 16.0. The third-order valence-corrected chi connectivity index (χ3v) is 6.90. The molecule has 0 spiro atoms. The zero-order valence-corrected chi connectivity index (χ0v) is 19.3. The average Bonchev–Trinajstić information content (AvgIpc) is 3.32. The number of aromatic nitrogens is 2. The fourth-order valence-corrected chi connectivity index (χ4v) is 5.19. The third-order valence-electron chi connectivity index (χ3n) is 6.90. The van der Waals surface area contributed by atoms with E-state index in [2.05, 4.69) is 87.4 Å². The Morgan fingerprint density at radius 3 is 1.89 bits per heavy atom. The fraction of sp³-hybridized carbons (Fsp3) is 0.129. The van der Waals surface area contributed by atoms with Gasteiger partial charge in [-0.2, -0.15) is 0 Å². The number of rotatable bonds is 6. The third kappa shape index (κ3) is 4.17. The fourth-order valence-electron chi connectivity index (χ4n) is 5.19. The summed E-state index contributed by atoms with van der Waals surface area (Å²) in [5.41, 5.74) is 7.01. The van der Waals surface area contributed by atoms with Crippen LogP contribution in [0, 0.1) is 5.82 Å². The monoisotopic (exact) mass is 459 g/mol. The van der Waals surface area contributed by atoms with Gasteiger partial charge in [0.1, 0.15) is 5.82 Å². The van der Waals surface area contributed by atoms with E-state index in [-0.39, 0.29) is 11.9 Å². The predicted molar refractivity (Wildman–Crippen MR) is 138 cm³/mol. The van der Waals surface area contributed by atoms with Gasteiger partial charge in [-0.15, -0.1) is 0 Å². The summed E-state index contributed by atoms with van der Waals surface area (Å²) in [6, 6.07) is 35.1. The lowest BCUT2D eigenvalue weighted by atomic mass is 9.92. The first-order valence-corrected chi connectivity index (χ1v) is 12.0. The minimum absolute atomic E-state index is 0.221. The SMILES string of the molecule is Fc1ccc(-c2ccn(C3CN(C(c4ccccc4)c4ccccc4)C3)c2-c2ccncc2)cc1. The van der Waals surface area contributed by atoms with Gasteiger partial charge in [0.05, 0.1) is 17.8 Å². The summed E-state index contributed by atoms with van der Waals surface area (Å²) in [6.45, 7) is 1.90. The first-order valence-electron chi connectivity index (χ1n) is 12.0. The molecule has 0 unspecified atom stereocenters. The zero-order valence-electron chi connectivity index (χ0n) is 19.3. The van der Waals surface area contributed by atoms with Crippen LogP contribution in [0.1, 0.15) is 23.2 Å². The molecule has 1 saturated heterocycles. The Hall–Kier alpha value is -4.02. The quantitative estimate of drug-likeness (QED) is 0.273. The number of pyridine rings is 1. The Morgan fingerprint density at radius 2 is 1.29 bits per heavy atom. The molecule has 5 aromatic rings. The average molecular weight is 460 g/mol. The van der Waals surface area contributed by atoms with Crippen molar-refractivity contribution in [3.63, 3.8) is 0 Å². The van der Waals surface area contributed by atoms with Crippen molar-refractivity contribution in [1.82, 2.24) is 14.5 Å². The molecule has 0 atom stereocenters. The maximum Gasteiger partial charge on any atom is 0.123 e. The molecule has 4 heteroatoms. The molecule has 0 amide bonds. The number of likely N-dealkylation sites (tertiary alicyclic amines) is 1. The molecular weight excluding hydrogens is 433 g/mol. The van der Waals surface area contributed by atoms with Gasteiger partial charge >= 0.3 is 0 Å². The molecule has 3 nitrogen and oxygen atoms in total. The number of halogens is 1. The van der Waals surface area contributed by atoms with Crippen LogP contribution in [0.15, 0.2) is 122 Å². The Balaban J connectivity index is 1.34. The first-order chi connectivity index (χ1) is 17.3. The lowest BCUT2D eigenvalue weighted by molar-refractivity contribution is 0.0762. The molecule has 172 valence electrons. The molecule has 1 fully saturated rings. The van der Waals surface area contributed by atoms with Crippen molar-refractivity contribution in [3.8, 4) is 22.4 Å². The van der Waals surface area contributed by atoms with E-state index in [4.69, 9.17) is 0 Å². The van der Waals surface area contributed by atoms with Crippen LogP contribution >= 0.6 is 0 Å². The minimum Gasteiger partial charge on any atom is -0.341 e. The van der Waals surface area contributed by atoms with Gasteiger partial charge in [0.15, 0.2) is 0 Å². The molecule has 35 heavy (non-hydrogen) atoms. The Bertz CT molecular complexity index is 1350. The smallest absolute Gasteiger partial charge is 0.123 e. The van der Waals surface area contributed by atoms with Gasteiger partial charge in [-0.3, -0.25) is 9.88 Å². The number of hydrogen-bond donors (Lipinski definition) is 0. The molecule has 2 aromatic heterocycles. The topological polar surface area (TPSA) is 21.1 Å². The van der Waals surface area contributed by atoms with E-state index in [1.54, 1.807) is 0 Å². The molecule has 3 aromatic carbocycles. The Kier molecular flexibility index (Phi) is 5.73. The van der Waals surface area contributed by atoms with E-state index >= 15 is 0 Å². The Labute approximate surface area is 205 Å². The molecule has 0 saturated carbocycles. The highest BCUT2D eigenvalue weighted by Crippen LogP contribution is 2.41. The van der Waals surface area contributed by atoms with Gasteiger partial charge in [0.25, 0.3) is 0 Å².